The number of aryl methyl sites for hydroxylation is 1. The predicted octanol–water partition coefficient (Wildman–Crippen LogP) is 4.50. The first kappa shape index (κ1) is 14.2. The summed E-state index contributed by atoms with van der Waals surface area (Å²) in [6, 6.07) is 16.0. The number of thioether (sulfide) groups is 1. The summed E-state index contributed by atoms with van der Waals surface area (Å²) in [7, 11) is 0. The average molecular weight is 321 g/mol. The van der Waals surface area contributed by atoms with Gasteiger partial charge in [0.1, 0.15) is 16.9 Å². The molecule has 0 saturated heterocycles. The zero-order valence-electron chi connectivity index (χ0n) is 12.5. The largest absolute Gasteiger partial charge is 0.441 e. The predicted molar refractivity (Wildman–Crippen MR) is 92.6 cm³/mol. The summed E-state index contributed by atoms with van der Waals surface area (Å²) in [4.78, 5) is 13.2. The Morgan fingerprint density at radius 3 is 2.65 bits per heavy atom. The van der Waals surface area contributed by atoms with Gasteiger partial charge in [0.2, 0.25) is 0 Å². The first-order chi connectivity index (χ1) is 11.4. The lowest BCUT2D eigenvalue weighted by Crippen LogP contribution is -1.91. The first-order valence-electron chi connectivity index (χ1n) is 7.57. The van der Waals surface area contributed by atoms with Crippen LogP contribution >= 0.6 is 11.8 Å². The minimum atomic E-state index is 0.805. The molecule has 2 aromatic carbocycles. The molecule has 0 aliphatic rings. The molecule has 0 aliphatic carbocycles. The average Bonchev–Trinajstić information content (AvgIpc) is 3.01. The number of oxazole rings is 1. The summed E-state index contributed by atoms with van der Waals surface area (Å²) in [6.07, 6.45) is 3.46. The van der Waals surface area contributed by atoms with Gasteiger partial charge in [-0.25, -0.2) is 15.0 Å². The molecule has 0 bridgehead atoms. The molecule has 2 aromatic heterocycles. The highest BCUT2D eigenvalue weighted by atomic mass is 32.2. The van der Waals surface area contributed by atoms with Gasteiger partial charge in [0.15, 0.2) is 11.5 Å². The van der Waals surface area contributed by atoms with Gasteiger partial charge in [-0.15, -0.1) is 11.8 Å². The maximum absolute atomic E-state index is 5.74. The molecular weight excluding hydrogens is 306 g/mol. The summed E-state index contributed by atoms with van der Waals surface area (Å²) in [6.45, 7) is 0. The number of para-hydroxylation sites is 3. The van der Waals surface area contributed by atoms with E-state index < -0.39 is 0 Å². The quantitative estimate of drug-likeness (QED) is 0.308. The van der Waals surface area contributed by atoms with E-state index in [4.69, 9.17) is 4.42 Å². The lowest BCUT2D eigenvalue weighted by Gasteiger charge is -2.03. The Hall–Kier alpha value is -2.40. The fourth-order valence-corrected chi connectivity index (χ4v) is 3.45. The second-order valence-corrected chi connectivity index (χ2v) is 6.31. The van der Waals surface area contributed by atoms with E-state index >= 15 is 0 Å². The molecule has 4 aromatic rings. The van der Waals surface area contributed by atoms with Crippen LogP contribution in [0.15, 0.2) is 64.3 Å². The van der Waals surface area contributed by atoms with Crippen molar-refractivity contribution in [1.82, 2.24) is 15.0 Å². The van der Waals surface area contributed by atoms with Crippen LogP contribution in [0.4, 0.5) is 0 Å². The Balaban J connectivity index is 1.39. The van der Waals surface area contributed by atoms with Crippen molar-refractivity contribution in [3.8, 4) is 0 Å². The SMILES string of the molecule is c1ccc2oc(CCCSc3ncnc4ccccc34)nc2c1. The van der Waals surface area contributed by atoms with Crippen LogP contribution in [-0.2, 0) is 6.42 Å². The maximum Gasteiger partial charge on any atom is 0.195 e. The van der Waals surface area contributed by atoms with Gasteiger partial charge < -0.3 is 4.42 Å². The van der Waals surface area contributed by atoms with E-state index in [-0.39, 0.29) is 0 Å². The molecule has 0 radical (unpaired) electrons. The second kappa shape index (κ2) is 6.38. The number of hydrogen-bond acceptors (Lipinski definition) is 5. The molecule has 0 aliphatic heterocycles. The second-order valence-electron chi connectivity index (χ2n) is 5.22. The Bertz CT molecular complexity index is 913. The third-order valence-corrected chi connectivity index (χ3v) is 4.71. The lowest BCUT2D eigenvalue weighted by molar-refractivity contribution is 0.526. The normalized spacial score (nSPS) is 11.3. The van der Waals surface area contributed by atoms with Crippen molar-refractivity contribution in [1.29, 1.82) is 0 Å². The van der Waals surface area contributed by atoms with E-state index in [1.54, 1.807) is 18.1 Å². The Labute approximate surface area is 138 Å². The molecule has 5 heteroatoms. The molecule has 4 nitrogen and oxygen atoms in total. The van der Waals surface area contributed by atoms with Crippen LogP contribution < -0.4 is 0 Å². The zero-order valence-corrected chi connectivity index (χ0v) is 13.3. The number of fused-ring (bicyclic) bond motifs is 2. The summed E-state index contributed by atoms with van der Waals surface area (Å²) >= 11 is 1.76. The fourth-order valence-electron chi connectivity index (χ4n) is 2.51. The highest BCUT2D eigenvalue weighted by Crippen LogP contribution is 2.25. The Kier molecular flexibility index (Phi) is 3.94. The van der Waals surface area contributed by atoms with Gasteiger partial charge in [0.25, 0.3) is 0 Å². The van der Waals surface area contributed by atoms with Crippen LogP contribution in [0.5, 0.6) is 0 Å². The van der Waals surface area contributed by atoms with E-state index in [2.05, 4.69) is 21.0 Å². The summed E-state index contributed by atoms with van der Waals surface area (Å²) in [5.41, 5.74) is 2.78. The monoisotopic (exact) mass is 321 g/mol. The molecule has 4 rings (SSSR count). The molecule has 0 amide bonds. The van der Waals surface area contributed by atoms with Gasteiger partial charge in [-0.05, 0) is 24.6 Å². The highest BCUT2D eigenvalue weighted by Gasteiger charge is 2.06. The van der Waals surface area contributed by atoms with Gasteiger partial charge in [-0.3, -0.25) is 0 Å². The maximum atomic E-state index is 5.74. The molecule has 0 atom stereocenters. The standard InChI is InChI=1S/C18H15N3OS/c1-2-7-14-13(6-1)18(20-12-19-14)23-11-5-10-17-21-15-8-3-4-9-16(15)22-17/h1-4,6-9,12H,5,10-11H2. The van der Waals surface area contributed by atoms with Gasteiger partial charge in [0.05, 0.1) is 5.52 Å². The van der Waals surface area contributed by atoms with Crippen LogP contribution in [0.1, 0.15) is 12.3 Å². The van der Waals surface area contributed by atoms with Crippen LogP contribution in [0.2, 0.25) is 0 Å². The number of rotatable bonds is 5. The first-order valence-corrected chi connectivity index (χ1v) is 8.56. The smallest absolute Gasteiger partial charge is 0.195 e. The minimum absolute atomic E-state index is 0.805. The molecule has 0 fully saturated rings. The number of nitrogens with zero attached hydrogens (tertiary/aromatic N) is 3. The molecule has 0 unspecified atom stereocenters. The van der Waals surface area contributed by atoms with Crippen molar-refractivity contribution in [2.45, 2.75) is 17.9 Å². The lowest BCUT2D eigenvalue weighted by atomic mass is 10.2. The molecule has 23 heavy (non-hydrogen) atoms. The van der Waals surface area contributed by atoms with E-state index in [9.17, 15) is 0 Å². The van der Waals surface area contributed by atoms with Gasteiger partial charge in [0, 0.05) is 17.6 Å². The molecule has 2 heterocycles. The molecule has 114 valence electrons. The van der Waals surface area contributed by atoms with Crippen molar-refractivity contribution in [3.05, 3.63) is 60.7 Å². The molecule has 0 N–H and O–H groups in total. The van der Waals surface area contributed by atoms with Gasteiger partial charge in [-0.1, -0.05) is 30.3 Å². The van der Waals surface area contributed by atoms with E-state index in [1.807, 2.05) is 42.5 Å². The van der Waals surface area contributed by atoms with Gasteiger partial charge in [-0.2, -0.15) is 0 Å². The number of hydrogen-bond donors (Lipinski definition) is 0. The number of benzene rings is 2. The summed E-state index contributed by atoms with van der Waals surface area (Å²) in [5.74, 6) is 1.78. The fraction of sp³-hybridized carbons (Fsp3) is 0.167. The van der Waals surface area contributed by atoms with Crippen LogP contribution in [-0.4, -0.2) is 20.7 Å². The molecular formula is C18H15N3OS. The van der Waals surface area contributed by atoms with Crippen LogP contribution in [0.3, 0.4) is 0 Å². The highest BCUT2D eigenvalue weighted by molar-refractivity contribution is 7.99. The molecule has 0 spiro atoms. The Morgan fingerprint density at radius 1 is 0.913 bits per heavy atom. The molecule has 0 saturated carbocycles. The van der Waals surface area contributed by atoms with Crippen molar-refractivity contribution in [2.24, 2.45) is 0 Å². The summed E-state index contributed by atoms with van der Waals surface area (Å²) in [5, 5.41) is 2.15. The van der Waals surface area contributed by atoms with Crippen molar-refractivity contribution in [3.63, 3.8) is 0 Å². The van der Waals surface area contributed by atoms with E-state index in [0.29, 0.717) is 0 Å². The third kappa shape index (κ3) is 3.05. The van der Waals surface area contributed by atoms with Crippen molar-refractivity contribution in [2.75, 3.05) is 5.75 Å². The van der Waals surface area contributed by atoms with Crippen molar-refractivity contribution >= 4 is 33.8 Å². The minimum Gasteiger partial charge on any atom is -0.441 e. The van der Waals surface area contributed by atoms with Crippen LogP contribution in [0.25, 0.3) is 22.0 Å². The van der Waals surface area contributed by atoms with Crippen LogP contribution in [0, 0.1) is 0 Å². The number of aromatic nitrogens is 3. The topological polar surface area (TPSA) is 51.8 Å². The van der Waals surface area contributed by atoms with Crippen molar-refractivity contribution < 1.29 is 4.42 Å². The van der Waals surface area contributed by atoms with E-state index in [0.717, 1.165) is 51.5 Å². The zero-order chi connectivity index (χ0) is 15.5. The Morgan fingerprint density at radius 2 is 1.74 bits per heavy atom. The third-order valence-electron chi connectivity index (χ3n) is 3.62. The van der Waals surface area contributed by atoms with Gasteiger partial charge >= 0.3 is 0 Å². The van der Waals surface area contributed by atoms with E-state index in [1.165, 1.54) is 0 Å². The summed E-state index contributed by atoms with van der Waals surface area (Å²) < 4.78 is 5.74.